The number of aryl methyl sites for hydroxylation is 2. The van der Waals surface area contributed by atoms with E-state index in [0.717, 1.165) is 29.7 Å². The Labute approximate surface area is 122 Å². The Kier molecular flexibility index (Phi) is 3.65. The zero-order valence-electron chi connectivity index (χ0n) is 11.3. The van der Waals surface area contributed by atoms with E-state index in [1.165, 1.54) is 17.0 Å². The number of hydrogen-bond acceptors (Lipinski definition) is 3. The normalized spacial score (nSPS) is 20.3. The molecular formula is C14H18ClN3S. The van der Waals surface area contributed by atoms with E-state index in [1.54, 1.807) is 11.3 Å². The highest BCUT2D eigenvalue weighted by atomic mass is 35.5. The maximum absolute atomic E-state index is 5.98. The van der Waals surface area contributed by atoms with Gasteiger partial charge in [-0.25, -0.2) is 0 Å². The molecule has 0 aliphatic carbocycles. The van der Waals surface area contributed by atoms with Crippen LogP contribution in [0.3, 0.4) is 0 Å². The third-order valence-electron chi connectivity index (χ3n) is 3.65. The monoisotopic (exact) mass is 295 g/mol. The highest BCUT2D eigenvalue weighted by molar-refractivity contribution is 7.16. The van der Waals surface area contributed by atoms with Crippen LogP contribution >= 0.6 is 22.9 Å². The predicted octanol–water partition coefficient (Wildman–Crippen LogP) is 3.66. The second kappa shape index (κ2) is 5.27. The third-order valence-corrected chi connectivity index (χ3v) is 4.86. The van der Waals surface area contributed by atoms with Gasteiger partial charge in [-0.1, -0.05) is 11.6 Å². The fourth-order valence-electron chi connectivity index (χ4n) is 2.83. The molecule has 19 heavy (non-hydrogen) atoms. The molecule has 0 saturated carbocycles. The molecule has 3 heterocycles. The molecule has 1 aliphatic heterocycles. The summed E-state index contributed by atoms with van der Waals surface area (Å²) in [6, 6.07) is 6.78. The Morgan fingerprint density at radius 1 is 1.42 bits per heavy atom. The number of thiophene rings is 1. The summed E-state index contributed by atoms with van der Waals surface area (Å²) in [7, 11) is 0. The fraction of sp³-hybridized carbons (Fsp3) is 0.500. The molecule has 0 N–H and O–H groups in total. The number of rotatable bonds is 3. The van der Waals surface area contributed by atoms with Crippen molar-refractivity contribution < 1.29 is 0 Å². The van der Waals surface area contributed by atoms with Crippen molar-refractivity contribution in [3.63, 3.8) is 0 Å². The molecule has 0 amide bonds. The first-order valence-corrected chi connectivity index (χ1v) is 7.80. The molecule has 2 aromatic heterocycles. The first-order valence-electron chi connectivity index (χ1n) is 6.61. The molecule has 0 radical (unpaired) electrons. The van der Waals surface area contributed by atoms with Crippen LogP contribution in [-0.4, -0.2) is 27.8 Å². The van der Waals surface area contributed by atoms with Gasteiger partial charge in [-0.15, -0.1) is 11.3 Å². The van der Waals surface area contributed by atoms with Gasteiger partial charge in [0.05, 0.1) is 16.1 Å². The van der Waals surface area contributed by atoms with Crippen molar-refractivity contribution in [1.82, 2.24) is 14.7 Å². The molecule has 5 heteroatoms. The lowest BCUT2D eigenvalue weighted by Gasteiger charge is -2.16. The Hall–Kier alpha value is -0.840. The van der Waals surface area contributed by atoms with Crippen LogP contribution in [0.2, 0.25) is 4.34 Å². The van der Waals surface area contributed by atoms with Crippen LogP contribution in [0.25, 0.3) is 0 Å². The van der Waals surface area contributed by atoms with E-state index in [0.29, 0.717) is 6.04 Å². The summed E-state index contributed by atoms with van der Waals surface area (Å²) in [6.07, 6.45) is 1.18. The van der Waals surface area contributed by atoms with E-state index < -0.39 is 0 Å². The number of halogens is 1. The van der Waals surface area contributed by atoms with E-state index >= 15 is 0 Å². The maximum atomic E-state index is 5.98. The molecule has 1 fully saturated rings. The summed E-state index contributed by atoms with van der Waals surface area (Å²) in [4.78, 5) is 3.84. The standard InChI is InChI=1S/C14H18ClN3S/c1-10-7-11(2)18(16-10)12-5-6-17(8-12)9-13-3-4-14(15)19-13/h3-4,7,12H,5-6,8-9H2,1-2H3. The lowest BCUT2D eigenvalue weighted by Crippen LogP contribution is -2.21. The highest BCUT2D eigenvalue weighted by Gasteiger charge is 2.25. The minimum atomic E-state index is 0.518. The molecule has 3 rings (SSSR count). The van der Waals surface area contributed by atoms with Crippen LogP contribution < -0.4 is 0 Å². The van der Waals surface area contributed by atoms with Crippen LogP contribution in [0.1, 0.15) is 28.7 Å². The van der Waals surface area contributed by atoms with Gasteiger partial charge >= 0.3 is 0 Å². The zero-order valence-corrected chi connectivity index (χ0v) is 12.8. The van der Waals surface area contributed by atoms with Crippen molar-refractivity contribution in [2.45, 2.75) is 32.9 Å². The Balaban J connectivity index is 1.65. The second-order valence-corrected chi connectivity index (χ2v) is 7.05. The van der Waals surface area contributed by atoms with Crippen LogP contribution in [0.4, 0.5) is 0 Å². The summed E-state index contributed by atoms with van der Waals surface area (Å²) in [5.41, 5.74) is 2.38. The lowest BCUT2D eigenvalue weighted by molar-refractivity contribution is 0.313. The van der Waals surface area contributed by atoms with Crippen molar-refractivity contribution >= 4 is 22.9 Å². The lowest BCUT2D eigenvalue weighted by atomic mass is 10.2. The smallest absolute Gasteiger partial charge is 0.0931 e. The minimum absolute atomic E-state index is 0.518. The van der Waals surface area contributed by atoms with Gasteiger partial charge in [0.25, 0.3) is 0 Å². The molecule has 2 aromatic rings. The van der Waals surface area contributed by atoms with Gasteiger partial charge in [0, 0.05) is 30.2 Å². The number of aromatic nitrogens is 2. The minimum Gasteiger partial charge on any atom is -0.296 e. The van der Waals surface area contributed by atoms with E-state index in [2.05, 4.69) is 40.7 Å². The van der Waals surface area contributed by atoms with Crippen molar-refractivity contribution in [3.05, 3.63) is 38.8 Å². The van der Waals surface area contributed by atoms with Gasteiger partial charge in [0.2, 0.25) is 0 Å². The van der Waals surface area contributed by atoms with Gasteiger partial charge in [-0.3, -0.25) is 9.58 Å². The first kappa shape index (κ1) is 13.2. The predicted molar refractivity (Wildman–Crippen MR) is 80.0 cm³/mol. The highest BCUT2D eigenvalue weighted by Crippen LogP contribution is 2.27. The number of nitrogens with zero attached hydrogens (tertiary/aromatic N) is 3. The van der Waals surface area contributed by atoms with Gasteiger partial charge in [0.1, 0.15) is 0 Å². The van der Waals surface area contributed by atoms with E-state index in [1.807, 2.05) is 6.07 Å². The Bertz CT molecular complexity index is 575. The number of hydrogen-bond donors (Lipinski definition) is 0. The molecule has 102 valence electrons. The van der Waals surface area contributed by atoms with Crippen LogP contribution in [0, 0.1) is 13.8 Å². The quantitative estimate of drug-likeness (QED) is 0.861. The average Bonchev–Trinajstić information content (AvgIpc) is 3.02. The van der Waals surface area contributed by atoms with Crippen LogP contribution in [-0.2, 0) is 6.54 Å². The zero-order chi connectivity index (χ0) is 13.4. The molecule has 0 spiro atoms. The summed E-state index contributed by atoms with van der Waals surface area (Å²) in [6.45, 7) is 7.43. The molecule has 1 unspecified atom stereocenters. The van der Waals surface area contributed by atoms with E-state index in [-0.39, 0.29) is 0 Å². The SMILES string of the molecule is Cc1cc(C)n(C2CCN(Cc3ccc(Cl)s3)C2)n1. The van der Waals surface area contributed by atoms with Crippen molar-refractivity contribution in [3.8, 4) is 0 Å². The first-order chi connectivity index (χ1) is 9.11. The van der Waals surface area contributed by atoms with Crippen molar-refractivity contribution in [2.24, 2.45) is 0 Å². The molecule has 1 saturated heterocycles. The molecule has 0 bridgehead atoms. The molecule has 1 atom stereocenters. The topological polar surface area (TPSA) is 21.1 Å². The van der Waals surface area contributed by atoms with Crippen molar-refractivity contribution in [2.75, 3.05) is 13.1 Å². The Morgan fingerprint density at radius 2 is 2.26 bits per heavy atom. The van der Waals surface area contributed by atoms with Gasteiger partial charge in [0.15, 0.2) is 0 Å². The van der Waals surface area contributed by atoms with Crippen LogP contribution in [0.5, 0.6) is 0 Å². The fourth-order valence-corrected chi connectivity index (χ4v) is 3.96. The summed E-state index contributed by atoms with van der Waals surface area (Å²) < 4.78 is 3.07. The average molecular weight is 296 g/mol. The maximum Gasteiger partial charge on any atom is 0.0931 e. The summed E-state index contributed by atoms with van der Waals surface area (Å²) >= 11 is 7.66. The van der Waals surface area contributed by atoms with E-state index in [4.69, 9.17) is 11.6 Å². The Morgan fingerprint density at radius 3 is 2.89 bits per heavy atom. The largest absolute Gasteiger partial charge is 0.296 e. The third kappa shape index (κ3) is 2.86. The molecule has 3 nitrogen and oxygen atoms in total. The van der Waals surface area contributed by atoms with Crippen LogP contribution in [0.15, 0.2) is 18.2 Å². The van der Waals surface area contributed by atoms with Gasteiger partial charge < -0.3 is 0 Å². The molecular weight excluding hydrogens is 278 g/mol. The molecule has 0 aromatic carbocycles. The molecule has 1 aliphatic rings. The number of likely N-dealkylation sites (tertiary alicyclic amines) is 1. The summed E-state index contributed by atoms with van der Waals surface area (Å²) in [5.74, 6) is 0. The van der Waals surface area contributed by atoms with Gasteiger partial charge in [-0.2, -0.15) is 5.10 Å². The summed E-state index contributed by atoms with van der Waals surface area (Å²) in [5, 5.41) is 4.61. The van der Waals surface area contributed by atoms with E-state index in [9.17, 15) is 0 Å². The van der Waals surface area contributed by atoms with Crippen molar-refractivity contribution in [1.29, 1.82) is 0 Å². The second-order valence-electron chi connectivity index (χ2n) is 5.26. The van der Waals surface area contributed by atoms with Gasteiger partial charge in [-0.05, 0) is 38.5 Å².